The molecule has 0 aliphatic heterocycles. The lowest BCUT2D eigenvalue weighted by molar-refractivity contribution is 0.0510. The molecule has 0 radical (unpaired) electrons. The topological polar surface area (TPSA) is 83.0 Å². The van der Waals surface area contributed by atoms with Crippen LogP contribution in [0.15, 0.2) is 18.5 Å². The number of aryl methyl sites for hydroxylation is 1. The van der Waals surface area contributed by atoms with Crippen molar-refractivity contribution in [2.45, 2.75) is 26.3 Å². The number of rotatable bonds is 4. The zero-order chi connectivity index (χ0) is 14.8. The van der Waals surface area contributed by atoms with E-state index in [1.54, 1.807) is 17.8 Å². The molecule has 0 spiro atoms. The number of hydrogen-bond donors (Lipinski definition) is 1. The molecule has 2 aromatic heterocycles. The number of carbonyl (C=O) groups excluding carboxylic acids is 1. The minimum absolute atomic E-state index is 0. The summed E-state index contributed by atoms with van der Waals surface area (Å²) in [7, 11) is 0. The highest BCUT2D eigenvalue weighted by Crippen LogP contribution is 2.34. The molecule has 22 heavy (non-hydrogen) atoms. The third kappa shape index (κ3) is 2.71. The SMILES string of the molecule is CCOC(=O)c1c2c(nn1CCN)-c1ccncc1CC2.Cl. The highest BCUT2D eigenvalue weighted by molar-refractivity contribution is 5.92. The molecule has 118 valence electrons. The average Bonchev–Trinajstić information content (AvgIpc) is 2.86. The standard InChI is InChI=1S/C15H18N4O2.ClH/c1-2-21-15(20)14-12-4-3-10-9-17-7-5-11(10)13(12)18-19(14)8-6-16;/h5,7,9H,2-4,6,8,16H2,1H3;1H. The van der Waals surface area contributed by atoms with Gasteiger partial charge in [-0.1, -0.05) is 0 Å². The molecule has 0 fully saturated rings. The van der Waals surface area contributed by atoms with Crippen molar-refractivity contribution in [1.82, 2.24) is 14.8 Å². The first-order valence-electron chi connectivity index (χ1n) is 7.16. The van der Waals surface area contributed by atoms with Gasteiger partial charge in [0.1, 0.15) is 5.69 Å². The van der Waals surface area contributed by atoms with Crippen LogP contribution in [0.2, 0.25) is 0 Å². The Morgan fingerprint density at radius 1 is 1.45 bits per heavy atom. The Labute approximate surface area is 135 Å². The number of carbonyl (C=O) groups is 1. The molecule has 1 aliphatic rings. The van der Waals surface area contributed by atoms with Crippen LogP contribution in [0.25, 0.3) is 11.3 Å². The minimum atomic E-state index is -0.322. The van der Waals surface area contributed by atoms with Gasteiger partial charge >= 0.3 is 5.97 Å². The maximum Gasteiger partial charge on any atom is 0.356 e. The van der Waals surface area contributed by atoms with Crippen molar-refractivity contribution < 1.29 is 9.53 Å². The van der Waals surface area contributed by atoms with E-state index in [1.165, 1.54) is 0 Å². The van der Waals surface area contributed by atoms with Crippen LogP contribution in [0, 0.1) is 0 Å². The number of aromatic nitrogens is 3. The van der Waals surface area contributed by atoms with Crippen molar-refractivity contribution in [1.29, 1.82) is 0 Å². The Bertz CT molecular complexity index is 684. The van der Waals surface area contributed by atoms with Crippen LogP contribution in [0.1, 0.15) is 28.5 Å². The van der Waals surface area contributed by atoms with Crippen LogP contribution < -0.4 is 5.73 Å². The zero-order valence-corrected chi connectivity index (χ0v) is 13.2. The van der Waals surface area contributed by atoms with Gasteiger partial charge in [-0.05, 0) is 31.4 Å². The van der Waals surface area contributed by atoms with Gasteiger partial charge in [0.25, 0.3) is 0 Å². The van der Waals surface area contributed by atoms with Gasteiger partial charge in [-0.15, -0.1) is 12.4 Å². The van der Waals surface area contributed by atoms with Gasteiger partial charge in [0.05, 0.1) is 18.8 Å². The Kier molecular flexibility index (Phi) is 5.15. The van der Waals surface area contributed by atoms with Gasteiger partial charge in [-0.3, -0.25) is 9.67 Å². The van der Waals surface area contributed by atoms with Gasteiger partial charge in [0.2, 0.25) is 0 Å². The first kappa shape index (κ1) is 16.5. The highest BCUT2D eigenvalue weighted by atomic mass is 35.5. The number of ether oxygens (including phenoxy) is 1. The van der Waals surface area contributed by atoms with Crippen molar-refractivity contribution >= 4 is 18.4 Å². The lowest BCUT2D eigenvalue weighted by Crippen LogP contribution is -2.19. The summed E-state index contributed by atoms with van der Waals surface area (Å²) in [4.78, 5) is 16.4. The fraction of sp³-hybridized carbons (Fsp3) is 0.400. The number of esters is 1. The molecular weight excluding hydrogens is 304 g/mol. The predicted molar refractivity (Wildman–Crippen MR) is 85.1 cm³/mol. The maximum absolute atomic E-state index is 12.2. The molecule has 1 aliphatic carbocycles. The third-order valence-corrected chi connectivity index (χ3v) is 3.66. The average molecular weight is 323 g/mol. The lowest BCUT2D eigenvalue weighted by Gasteiger charge is -2.14. The smallest absolute Gasteiger partial charge is 0.356 e. The summed E-state index contributed by atoms with van der Waals surface area (Å²) in [5.74, 6) is -0.322. The highest BCUT2D eigenvalue weighted by Gasteiger charge is 2.28. The van der Waals surface area contributed by atoms with Crippen molar-refractivity contribution in [3.63, 3.8) is 0 Å². The molecule has 7 heteroatoms. The lowest BCUT2D eigenvalue weighted by atomic mass is 9.90. The largest absolute Gasteiger partial charge is 0.461 e. The van der Waals surface area contributed by atoms with Gasteiger partial charge in [0.15, 0.2) is 0 Å². The molecule has 0 unspecified atom stereocenters. The molecular formula is C15H19ClN4O2. The molecule has 0 saturated carbocycles. The molecule has 0 bridgehead atoms. The summed E-state index contributed by atoms with van der Waals surface area (Å²) in [6, 6.07) is 1.95. The van der Waals surface area contributed by atoms with E-state index < -0.39 is 0 Å². The van der Waals surface area contributed by atoms with Crippen molar-refractivity contribution in [2.75, 3.05) is 13.2 Å². The fourth-order valence-corrected chi connectivity index (χ4v) is 2.78. The quantitative estimate of drug-likeness (QED) is 0.864. The van der Waals surface area contributed by atoms with Crippen LogP contribution in [-0.4, -0.2) is 33.9 Å². The van der Waals surface area contributed by atoms with E-state index in [-0.39, 0.29) is 18.4 Å². The Morgan fingerprint density at radius 2 is 2.27 bits per heavy atom. The summed E-state index contributed by atoms with van der Waals surface area (Å²) >= 11 is 0. The van der Waals surface area contributed by atoms with Crippen LogP contribution in [-0.2, 0) is 24.1 Å². The van der Waals surface area contributed by atoms with E-state index in [0.717, 1.165) is 35.2 Å². The zero-order valence-electron chi connectivity index (χ0n) is 12.4. The first-order valence-corrected chi connectivity index (χ1v) is 7.16. The fourth-order valence-electron chi connectivity index (χ4n) is 2.78. The molecule has 2 heterocycles. The summed E-state index contributed by atoms with van der Waals surface area (Å²) in [6.45, 7) is 3.08. The second kappa shape index (κ2) is 6.89. The molecule has 0 atom stereocenters. The summed E-state index contributed by atoms with van der Waals surface area (Å²) < 4.78 is 6.85. The summed E-state index contributed by atoms with van der Waals surface area (Å²) in [5.41, 5.74) is 10.2. The molecule has 2 aromatic rings. The second-order valence-electron chi connectivity index (χ2n) is 4.94. The van der Waals surface area contributed by atoms with Gasteiger partial charge in [-0.2, -0.15) is 5.10 Å². The molecule has 6 nitrogen and oxygen atoms in total. The second-order valence-corrected chi connectivity index (χ2v) is 4.94. The van der Waals surface area contributed by atoms with E-state index in [4.69, 9.17) is 10.5 Å². The Balaban J connectivity index is 0.00000176. The van der Waals surface area contributed by atoms with Gasteiger partial charge in [-0.25, -0.2) is 4.79 Å². The Hall–Kier alpha value is -1.92. The molecule has 3 rings (SSSR count). The van der Waals surface area contributed by atoms with Crippen LogP contribution in [0.4, 0.5) is 0 Å². The first-order chi connectivity index (χ1) is 10.3. The van der Waals surface area contributed by atoms with E-state index in [2.05, 4.69) is 10.1 Å². The van der Waals surface area contributed by atoms with Crippen LogP contribution >= 0.6 is 12.4 Å². The van der Waals surface area contributed by atoms with E-state index in [0.29, 0.717) is 25.4 Å². The number of fused-ring (bicyclic) bond motifs is 3. The summed E-state index contributed by atoms with van der Waals surface area (Å²) in [6.07, 6.45) is 5.24. The van der Waals surface area contributed by atoms with Crippen molar-refractivity contribution in [3.05, 3.63) is 35.3 Å². The molecule has 2 N–H and O–H groups in total. The third-order valence-electron chi connectivity index (χ3n) is 3.66. The van der Waals surface area contributed by atoms with Gasteiger partial charge in [0, 0.05) is 30.1 Å². The van der Waals surface area contributed by atoms with Crippen molar-refractivity contribution in [2.24, 2.45) is 5.73 Å². The Morgan fingerprint density at radius 3 is 3.00 bits per heavy atom. The maximum atomic E-state index is 12.2. The summed E-state index contributed by atoms with van der Waals surface area (Å²) in [5, 5.41) is 4.59. The number of hydrogen-bond acceptors (Lipinski definition) is 5. The van der Waals surface area contributed by atoms with Crippen LogP contribution in [0.5, 0.6) is 0 Å². The number of nitrogens with zero attached hydrogens (tertiary/aromatic N) is 3. The molecule has 0 amide bonds. The van der Waals surface area contributed by atoms with E-state index in [1.807, 2.05) is 12.3 Å². The van der Waals surface area contributed by atoms with E-state index in [9.17, 15) is 4.79 Å². The van der Waals surface area contributed by atoms with Crippen LogP contribution in [0.3, 0.4) is 0 Å². The number of nitrogens with two attached hydrogens (primary N) is 1. The molecule has 0 aromatic carbocycles. The van der Waals surface area contributed by atoms with E-state index >= 15 is 0 Å². The number of halogens is 1. The van der Waals surface area contributed by atoms with Crippen molar-refractivity contribution in [3.8, 4) is 11.3 Å². The van der Waals surface area contributed by atoms with Gasteiger partial charge < -0.3 is 10.5 Å². The number of pyridine rings is 1. The molecule has 0 saturated heterocycles. The monoisotopic (exact) mass is 322 g/mol. The normalized spacial score (nSPS) is 12.1. The minimum Gasteiger partial charge on any atom is -0.461 e. The predicted octanol–water partition coefficient (Wildman–Crippen LogP) is 1.60.